The molecule has 1 fully saturated rings. The van der Waals surface area contributed by atoms with Crippen molar-refractivity contribution in [3.63, 3.8) is 0 Å². The summed E-state index contributed by atoms with van der Waals surface area (Å²) in [5.74, 6) is 0.572. The molecule has 0 aliphatic carbocycles. The van der Waals surface area contributed by atoms with E-state index in [9.17, 15) is 0 Å². The maximum atomic E-state index is 6.49. The number of hydrogen-bond donors (Lipinski definition) is 0. The Morgan fingerprint density at radius 2 is 1.61 bits per heavy atom. The third kappa shape index (κ3) is 7.45. The van der Waals surface area contributed by atoms with E-state index in [-0.39, 0.29) is 29.2 Å². The van der Waals surface area contributed by atoms with Gasteiger partial charge in [0.05, 0.1) is 17.8 Å². The van der Waals surface area contributed by atoms with E-state index in [1.54, 1.807) is 0 Å². The average molecular weight is 449 g/mol. The van der Waals surface area contributed by atoms with Crippen LogP contribution in [0.25, 0.3) is 0 Å². The normalized spacial score (nSPS) is 21.1. The van der Waals surface area contributed by atoms with Crippen LogP contribution in [0.3, 0.4) is 0 Å². The van der Waals surface area contributed by atoms with E-state index in [0.717, 1.165) is 19.3 Å². The van der Waals surface area contributed by atoms with Gasteiger partial charge in [0.15, 0.2) is 8.32 Å². The van der Waals surface area contributed by atoms with Crippen LogP contribution in [0.5, 0.6) is 0 Å². The predicted octanol–water partition coefficient (Wildman–Crippen LogP) is 7.97. The van der Waals surface area contributed by atoms with Crippen LogP contribution < -0.4 is 0 Å². The van der Waals surface area contributed by atoms with Crippen LogP contribution in [-0.4, -0.2) is 33.2 Å². The molecule has 31 heavy (non-hydrogen) atoms. The molecule has 1 heterocycles. The first kappa shape index (κ1) is 28.4. The lowest BCUT2D eigenvalue weighted by Gasteiger charge is -2.36. The molecule has 3 nitrogen and oxygen atoms in total. The zero-order valence-corrected chi connectivity index (χ0v) is 23.4. The molecular formula is C26H49BO3Si. The van der Waals surface area contributed by atoms with Crippen LogP contribution in [-0.2, 0) is 13.7 Å². The topological polar surface area (TPSA) is 27.7 Å². The van der Waals surface area contributed by atoms with Crippen molar-refractivity contribution in [3.05, 3.63) is 36.5 Å². The highest BCUT2D eigenvalue weighted by Gasteiger charge is 2.54. The molecule has 0 bridgehead atoms. The molecule has 0 amide bonds. The fourth-order valence-electron chi connectivity index (χ4n) is 3.50. The van der Waals surface area contributed by atoms with Gasteiger partial charge in [0.2, 0.25) is 0 Å². The van der Waals surface area contributed by atoms with Crippen molar-refractivity contribution in [2.75, 3.05) is 6.61 Å². The summed E-state index contributed by atoms with van der Waals surface area (Å²) in [5.41, 5.74) is 1.82. The summed E-state index contributed by atoms with van der Waals surface area (Å²) in [7, 11) is -2.05. The molecule has 1 rings (SSSR count). The minimum Gasteiger partial charge on any atom is -0.413 e. The van der Waals surface area contributed by atoms with E-state index < -0.39 is 8.32 Å². The van der Waals surface area contributed by atoms with Crippen molar-refractivity contribution >= 4 is 15.4 Å². The highest BCUT2D eigenvalue weighted by Crippen LogP contribution is 2.45. The molecule has 0 aromatic carbocycles. The van der Waals surface area contributed by atoms with E-state index in [1.807, 2.05) is 6.08 Å². The van der Waals surface area contributed by atoms with Gasteiger partial charge < -0.3 is 13.7 Å². The molecule has 5 heteroatoms. The van der Waals surface area contributed by atoms with Gasteiger partial charge in [0.25, 0.3) is 0 Å². The van der Waals surface area contributed by atoms with Crippen molar-refractivity contribution in [3.8, 4) is 0 Å². The Labute approximate surface area is 195 Å². The quantitative estimate of drug-likeness (QED) is 0.237. The Morgan fingerprint density at radius 1 is 1.10 bits per heavy atom. The second-order valence-electron chi connectivity index (χ2n) is 11.9. The van der Waals surface area contributed by atoms with Crippen LogP contribution in [0, 0.1) is 5.92 Å². The molecule has 2 atom stereocenters. The van der Waals surface area contributed by atoms with E-state index in [4.69, 9.17) is 13.7 Å². The highest BCUT2D eigenvalue weighted by atomic mass is 28.4. The summed E-state index contributed by atoms with van der Waals surface area (Å²) in [4.78, 5) is 0. The summed E-state index contributed by atoms with van der Waals surface area (Å²) >= 11 is 0. The lowest BCUT2D eigenvalue weighted by molar-refractivity contribution is 0.00578. The largest absolute Gasteiger partial charge is 0.465 e. The third-order valence-corrected chi connectivity index (χ3v) is 12.3. The monoisotopic (exact) mass is 448 g/mol. The lowest BCUT2D eigenvalue weighted by Crippen LogP contribution is -2.41. The van der Waals surface area contributed by atoms with Gasteiger partial charge >= 0.3 is 7.12 Å². The fourth-order valence-corrected chi connectivity index (χ4v) is 4.44. The van der Waals surface area contributed by atoms with Gasteiger partial charge in [0.1, 0.15) is 0 Å². The first-order chi connectivity index (χ1) is 13.9. The van der Waals surface area contributed by atoms with E-state index in [0.29, 0.717) is 12.5 Å². The Balaban J connectivity index is 3.12. The maximum absolute atomic E-state index is 6.49. The van der Waals surface area contributed by atoms with E-state index >= 15 is 0 Å². The molecule has 1 aliphatic heterocycles. The molecule has 0 aromatic heterocycles. The molecule has 0 saturated carbocycles. The van der Waals surface area contributed by atoms with Gasteiger partial charge in [0, 0.05) is 5.82 Å². The lowest BCUT2D eigenvalue weighted by atomic mass is 9.63. The molecule has 0 aromatic rings. The van der Waals surface area contributed by atoms with Gasteiger partial charge in [-0.05, 0) is 84.9 Å². The molecular weight excluding hydrogens is 399 g/mol. The summed E-state index contributed by atoms with van der Waals surface area (Å²) in [6.07, 6.45) is 7.25. The Kier molecular flexibility index (Phi) is 9.66. The number of allylic oxidation sites excluding steroid dienone is 3. The highest BCUT2D eigenvalue weighted by molar-refractivity contribution is 6.74. The number of hydrogen-bond acceptors (Lipinski definition) is 3. The summed E-state index contributed by atoms with van der Waals surface area (Å²) in [6.45, 7) is 33.1. The van der Waals surface area contributed by atoms with Crippen LogP contribution in [0.2, 0.25) is 23.9 Å². The molecule has 1 unspecified atom stereocenters. The second kappa shape index (κ2) is 10.5. The van der Waals surface area contributed by atoms with Gasteiger partial charge in [-0.15, -0.1) is 6.58 Å². The minimum atomic E-state index is -1.78. The van der Waals surface area contributed by atoms with Crippen molar-refractivity contribution in [1.29, 1.82) is 0 Å². The summed E-state index contributed by atoms with van der Waals surface area (Å²) < 4.78 is 19.4. The van der Waals surface area contributed by atoms with Gasteiger partial charge in [-0.1, -0.05) is 50.6 Å². The first-order valence-corrected chi connectivity index (χ1v) is 14.8. The van der Waals surface area contributed by atoms with Gasteiger partial charge in [-0.3, -0.25) is 0 Å². The average Bonchev–Trinajstić information content (AvgIpc) is 2.80. The van der Waals surface area contributed by atoms with E-state index in [1.165, 1.54) is 11.1 Å². The van der Waals surface area contributed by atoms with E-state index in [2.05, 4.69) is 94.6 Å². The predicted molar refractivity (Wildman–Crippen MR) is 139 cm³/mol. The molecule has 1 saturated heterocycles. The Morgan fingerprint density at radius 3 is 2.03 bits per heavy atom. The van der Waals surface area contributed by atoms with Crippen LogP contribution in [0.4, 0.5) is 0 Å². The van der Waals surface area contributed by atoms with Crippen molar-refractivity contribution in [2.24, 2.45) is 5.92 Å². The summed E-state index contributed by atoms with van der Waals surface area (Å²) in [5, 5.41) is 0.204. The first-order valence-electron chi connectivity index (χ1n) is 11.9. The Hall–Kier alpha value is -0.618. The third-order valence-electron chi connectivity index (χ3n) is 7.80. The molecule has 0 spiro atoms. The van der Waals surface area contributed by atoms with Crippen LogP contribution in [0.1, 0.15) is 81.6 Å². The maximum Gasteiger partial charge on any atom is 0.465 e. The van der Waals surface area contributed by atoms with Crippen molar-refractivity contribution < 1.29 is 13.7 Å². The van der Waals surface area contributed by atoms with Gasteiger partial charge in [-0.2, -0.15) is 0 Å². The zero-order chi connectivity index (χ0) is 24.3. The molecule has 178 valence electrons. The minimum absolute atomic E-state index is 0.163. The molecule has 1 aliphatic rings. The number of rotatable bonds is 11. The van der Waals surface area contributed by atoms with Crippen molar-refractivity contribution in [1.82, 2.24) is 0 Å². The zero-order valence-electron chi connectivity index (χ0n) is 22.4. The SMILES string of the molecule is C=CCC[C@H](CC(B1OC(C)(C)C(C)(C)O1)/C(C)=C/CO[Si](C)(C)C(C)(C)C)C(=C)C. The fraction of sp³-hybridized carbons (Fsp3) is 0.769. The molecule has 0 radical (unpaired) electrons. The van der Waals surface area contributed by atoms with Gasteiger partial charge in [-0.25, -0.2) is 0 Å². The second-order valence-corrected chi connectivity index (χ2v) is 16.7. The standard InChI is InChI=1S/C26H49BO3Si/c1-14-15-16-22(20(2)3)19-23(27-29-25(8,9)26(10,11)30-27)21(4)17-18-28-31(12,13)24(5,6)7/h14,17,22-23H,1-2,15-16,18-19H2,3-13H3/b21-17+/t22-,23?/m1/s1. The Bertz CT molecular complexity index is 642. The molecule has 0 N–H and O–H groups in total. The van der Waals surface area contributed by atoms with Crippen LogP contribution >= 0.6 is 0 Å². The van der Waals surface area contributed by atoms with Crippen LogP contribution in [0.15, 0.2) is 36.5 Å². The summed E-state index contributed by atoms with van der Waals surface area (Å²) in [6, 6.07) is 0. The smallest absolute Gasteiger partial charge is 0.413 e. The van der Waals surface area contributed by atoms with Crippen molar-refractivity contribution in [2.45, 2.75) is 117 Å².